The molecule has 0 aliphatic heterocycles. The number of halogens is 1. The number of pyridine rings is 1. The first-order chi connectivity index (χ1) is 17.6. The van der Waals surface area contributed by atoms with E-state index in [0.717, 1.165) is 39.1 Å². The van der Waals surface area contributed by atoms with Gasteiger partial charge < -0.3 is 9.88 Å². The van der Waals surface area contributed by atoms with Gasteiger partial charge in [-0.1, -0.05) is 72.4 Å². The van der Waals surface area contributed by atoms with Crippen LogP contribution in [0.25, 0.3) is 33.5 Å². The van der Waals surface area contributed by atoms with Crippen molar-refractivity contribution < 1.29 is 9.18 Å². The van der Waals surface area contributed by atoms with E-state index in [4.69, 9.17) is 4.98 Å². The highest BCUT2D eigenvalue weighted by molar-refractivity contribution is 7.99. The Kier molecular flexibility index (Phi) is 7.04. The summed E-state index contributed by atoms with van der Waals surface area (Å²) in [7, 11) is 0. The molecule has 0 fully saturated rings. The number of hydrogen-bond acceptors (Lipinski definition) is 5. The number of rotatable bonds is 8. The zero-order valence-corrected chi connectivity index (χ0v) is 20.5. The average molecular weight is 498 g/mol. The first-order valence-corrected chi connectivity index (χ1v) is 12.6. The lowest BCUT2D eigenvalue weighted by molar-refractivity contribution is -0.118. The molecule has 2 heterocycles. The van der Waals surface area contributed by atoms with Crippen molar-refractivity contribution >= 4 is 28.6 Å². The Labute approximate surface area is 212 Å². The van der Waals surface area contributed by atoms with Crippen LogP contribution < -0.4 is 5.32 Å². The van der Waals surface area contributed by atoms with Crippen molar-refractivity contribution in [2.45, 2.75) is 25.2 Å². The van der Waals surface area contributed by atoms with E-state index in [2.05, 4.69) is 21.6 Å². The molecule has 8 heteroatoms. The van der Waals surface area contributed by atoms with Crippen molar-refractivity contribution in [3.8, 4) is 22.6 Å². The fourth-order valence-electron chi connectivity index (χ4n) is 3.98. The second-order valence-corrected chi connectivity index (χ2v) is 9.12. The third kappa shape index (κ3) is 5.13. The maximum atomic E-state index is 13.1. The highest BCUT2D eigenvalue weighted by Crippen LogP contribution is 2.32. The van der Waals surface area contributed by atoms with Gasteiger partial charge in [0.15, 0.2) is 11.0 Å². The Balaban J connectivity index is 1.39. The molecule has 1 N–H and O–H groups in total. The number of thioether (sulfide) groups is 1. The van der Waals surface area contributed by atoms with E-state index in [9.17, 15) is 9.18 Å². The minimum absolute atomic E-state index is 0.128. The van der Waals surface area contributed by atoms with Gasteiger partial charge in [0.1, 0.15) is 5.82 Å². The minimum atomic E-state index is -0.298. The summed E-state index contributed by atoms with van der Waals surface area (Å²) in [6.07, 6.45) is 0. The number of carbonyl (C=O) groups excluding carboxylic acids is 1. The van der Waals surface area contributed by atoms with Crippen molar-refractivity contribution in [3.63, 3.8) is 0 Å². The van der Waals surface area contributed by atoms with Crippen molar-refractivity contribution in [1.29, 1.82) is 0 Å². The van der Waals surface area contributed by atoms with Gasteiger partial charge in [0.25, 0.3) is 0 Å². The molecule has 3 aromatic carbocycles. The van der Waals surface area contributed by atoms with Crippen LogP contribution in [0.1, 0.15) is 12.5 Å². The van der Waals surface area contributed by atoms with Gasteiger partial charge in [-0.3, -0.25) is 4.79 Å². The molecule has 2 aromatic heterocycles. The maximum absolute atomic E-state index is 13.1. The van der Waals surface area contributed by atoms with E-state index in [0.29, 0.717) is 18.2 Å². The fourth-order valence-corrected chi connectivity index (χ4v) is 4.81. The SMILES string of the molecule is CCn1c(SCC(=O)NCc2ccc(F)cc2)nnc1-c1cc(-c2ccccc2)nc2ccccc12. The lowest BCUT2D eigenvalue weighted by atomic mass is 10.0. The van der Waals surface area contributed by atoms with E-state index in [-0.39, 0.29) is 17.5 Å². The lowest BCUT2D eigenvalue weighted by Gasteiger charge is -2.12. The van der Waals surface area contributed by atoms with Crippen LogP contribution in [0.3, 0.4) is 0 Å². The van der Waals surface area contributed by atoms with Gasteiger partial charge in [0.05, 0.1) is 17.0 Å². The Morgan fingerprint density at radius 3 is 2.50 bits per heavy atom. The molecule has 0 atom stereocenters. The summed E-state index contributed by atoms with van der Waals surface area (Å²) >= 11 is 1.34. The molecule has 1 amide bonds. The largest absolute Gasteiger partial charge is 0.351 e. The minimum Gasteiger partial charge on any atom is -0.351 e. The van der Waals surface area contributed by atoms with Crippen LogP contribution in [0, 0.1) is 5.82 Å². The number of carbonyl (C=O) groups is 1. The van der Waals surface area contributed by atoms with Crippen LogP contribution in [0.4, 0.5) is 4.39 Å². The van der Waals surface area contributed by atoms with Gasteiger partial charge in [-0.25, -0.2) is 9.37 Å². The van der Waals surface area contributed by atoms with Crippen molar-refractivity contribution in [1.82, 2.24) is 25.1 Å². The molecule has 0 radical (unpaired) electrons. The Bertz CT molecular complexity index is 1500. The zero-order valence-electron chi connectivity index (χ0n) is 19.7. The third-order valence-corrected chi connectivity index (χ3v) is 6.76. The molecule has 36 heavy (non-hydrogen) atoms. The van der Waals surface area contributed by atoms with E-state index in [1.54, 1.807) is 12.1 Å². The van der Waals surface area contributed by atoms with Crippen LogP contribution in [-0.4, -0.2) is 31.4 Å². The van der Waals surface area contributed by atoms with Gasteiger partial charge in [-0.05, 0) is 36.8 Å². The number of benzene rings is 3. The molecule has 180 valence electrons. The van der Waals surface area contributed by atoms with Crippen LogP contribution >= 0.6 is 11.8 Å². The molecular weight excluding hydrogens is 473 g/mol. The lowest BCUT2D eigenvalue weighted by Crippen LogP contribution is -2.24. The first kappa shape index (κ1) is 23.7. The summed E-state index contributed by atoms with van der Waals surface area (Å²) in [6.45, 7) is 3.03. The quantitative estimate of drug-likeness (QED) is 0.277. The molecule has 0 aliphatic carbocycles. The number of amides is 1. The van der Waals surface area contributed by atoms with Crippen LogP contribution in [-0.2, 0) is 17.9 Å². The van der Waals surface area contributed by atoms with Gasteiger partial charge >= 0.3 is 0 Å². The second-order valence-electron chi connectivity index (χ2n) is 8.18. The Morgan fingerprint density at radius 2 is 1.72 bits per heavy atom. The summed E-state index contributed by atoms with van der Waals surface area (Å²) in [5.41, 5.74) is 4.56. The number of nitrogens with zero attached hydrogens (tertiary/aromatic N) is 4. The maximum Gasteiger partial charge on any atom is 0.230 e. The number of para-hydroxylation sites is 1. The molecule has 0 unspecified atom stereocenters. The molecule has 0 spiro atoms. The fraction of sp³-hybridized carbons (Fsp3) is 0.143. The predicted octanol–water partition coefficient (Wildman–Crippen LogP) is 5.73. The zero-order chi connectivity index (χ0) is 24.9. The van der Waals surface area contributed by atoms with E-state index >= 15 is 0 Å². The smallest absolute Gasteiger partial charge is 0.230 e. The molecule has 0 bridgehead atoms. The van der Waals surface area contributed by atoms with Crippen molar-refractivity contribution in [2.24, 2.45) is 0 Å². The summed E-state index contributed by atoms with van der Waals surface area (Å²) in [6, 6.07) is 26.2. The molecule has 0 saturated carbocycles. The second kappa shape index (κ2) is 10.7. The monoisotopic (exact) mass is 497 g/mol. The topological polar surface area (TPSA) is 72.7 Å². The number of fused-ring (bicyclic) bond motifs is 1. The Morgan fingerprint density at radius 1 is 0.972 bits per heavy atom. The normalized spacial score (nSPS) is 11.1. The Hall–Kier alpha value is -4.04. The molecule has 0 aliphatic rings. The van der Waals surface area contributed by atoms with Crippen LogP contribution in [0.2, 0.25) is 0 Å². The number of hydrogen-bond donors (Lipinski definition) is 1. The molecule has 5 aromatic rings. The predicted molar refractivity (Wildman–Crippen MR) is 141 cm³/mol. The molecule has 0 saturated heterocycles. The van der Waals surface area contributed by atoms with Crippen molar-refractivity contribution in [3.05, 3.63) is 96.3 Å². The van der Waals surface area contributed by atoms with Gasteiger partial charge in [-0.15, -0.1) is 10.2 Å². The first-order valence-electron chi connectivity index (χ1n) is 11.6. The van der Waals surface area contributed by atoms with E-state index in [1.807, 2.05) is 66.1 Å². The van der Waals surface area contributed by atoms with Crippen LogP contribution in [0.5, 0.6) is 0 Å². The van der Waals surface area contributed by atoms with Crippen LogP contribution in [0.15, 0.2) is 90.1 Å². The number of nitrogens with one attached hydrogen (secondary N) is 1. The average Bonchev–Trinajstić information content (AvgIpc) is 3.34. The van der Waals surface area contributed by atoms with Gasteiger partial charge in [0, 0.05) is 29.6 Å². The standard InChI is InChI=1S/C28H24FN5OS/c1-2-34-27(32-33-28(34)36-18-26(35)30-17-19-12-14-21(29)15-13-19)23-16-25(20-8-4-3-5-9-20)31-24-11-7-6-10-22(23)24/h3-16H,2,17-18H2,1H3,(H,30,35). The van der Waals surface area contributed by atoms with E-state index < -0.39 is 0 Å². The van der Waals surface area contributed by atoms with Crippen molar-refractivity contribution in [2.75, 3.05) is 5.75 Å². The van der Waals surface area contributed by atoms with E-state index in [1.165, 1.54) is 23.9 Å². The summed E-state index contributed by atoms with van der Waals surface area (Å²) in [4.78, 5) is 17.3. The highest BCUT2D eigenvalue weighted by Gasteiger charge is 2.18. The summed E-state index contributed by atoms with van der Waals surface area (Å²) in [5, 5.41) is 13.5. The summed E-state index contributed by atoms with van der Waals surface area (Å²) in [5.74, 6) is 0.513. The number of aromatic nitrogens is 4. The molecule has 6 nitrogen and oxygen atoms in total. The third-order valence-electron chi connectivity index (χ3n) is 5.80. The molecule has 5 rings (SSSR count). The highest BCUT2D eigenvalue weighted by atomic mass is 32.2. The van der Waals surface area contributed by atoms with Gasteiger partial charge in [0.2, 0.25) is 5.91 Å². The summed E-state index contributed by atoms with van der Waals surface area (Å²) < 4.78 is 15.1. The van der Waals surface area contributed by atoms with Gasteiger partial charge in [-0.2, -0.15) is 0 Å². The molecular formula is C28H24FN5OS.